The van der Waals surface area contributed by atoms with E-state index in [2.05, 4.69) is 4.74 Å². The Kier molecular flexibility index (Phi) is 4.04. The van der Waals surface area contributed by atoms with Gasteiger partial charge in [-0.1, -0.05) is 23.7 Å². The largest absolute Gasteiger partial charge is 0.465 e. The van der Waals surface area contributed by atoms with Gasteiger partial charge in [0.1, 0.15) is 5.75 Å². The monoisotopic (exact) mass is 330 g/mol. The van der Waals surface area contributed by atoms with Crippen LogP contribution in [0.3, 0.4) is 0 Å². The van der Waals surface area contributed by atoms with Gasteiger partial charge >= 0.3 is 5.97 Å². The van der Waals surface area contributed by atoms with Gasteiger partial charge in [-0.3, -0.25) is 4.79 Å². The Morgan fingerprint density at radius 2 is 2.04 bits per heavy atom. The minimum atomic E-state index is -0.523. The van der Waals surface area contributed by atoms with E-state index in [1.165, 1.54) is 19.2 Å². The Labute approximate surface area is 136 Å². The molecule has 3 aromatic rings. The van der Waals surface area contributed by atoms with E-state index in [1.807, 2.05) is 6.07 Å². The summed E-state index contributed by atoms with van der Waals surface area (Å²) in [6.07, 6.45) is 0.631. The number of hydrogen-bond acceptors (Lipinski definition) is 5. The molecule has 6 heteroatoms. The van der Waals surface area contributed by atoms with Gasteiger partial charge in [-0.05, 0) is 24.3 Å². The Bertz CT molecular complexity index is 897. The fraction of sp³-hybridized carbons (Fsp3) is 0.0588. The Morgan fingerprint density at radius 1 is 1.22 bits per heavy atom. The van der Waals surface area contributed by atoms with Crippen LogP contribution in [0.5, 0.6) is 11.5 Å². The van der Waals surface area contributed by atoms with Crippen molar-refractivity contribution < 1.29 is 23.5 Å². The summed E-state index contributed by atoms with van der Waals surface area (Å²) >= 11 is 6.06. The lowest BCUT2D eigenvalue weighted by atomic mass is 10.2. The van der Waals surface area contributed by atoms with E-state index in [-0.39, 0.29) is 16.3 Å². The van der Waals surface area contributed by atoms with Crippen LogP contribution in [0.2, 0.25) is 5.02 Å². The normalized spacial score (nSPS) is 10.5. The summed E-state index contributed by atoms with van der Waals surface area (Å²) < 4.78 is 15.8. The van der Waals surface area contributed by atoms with Crippen molar-refractivity contribution in [3.63, 3.8) is 0 Å². The smallest absolute Gasteiger partial charge is 0.339 e. The Hall–Kier alpha value is -2.79. The van der Waals surface area contributed by atoms with Crippen molar-refractivity contribution in [3.05, 3.63) is 58.8 Å². The molecule has 0 bridgehead atoms. The lowest BCUT2D eigenvalue weighted by Gasteiger charge is -2.08. The molecule has 0 amide bonds. The number of halogens is 1. The molecule has 0 aliphatic rings. The third kappa shape index (κ3) is 2.91. The maximum absolute atomic E-state index is 11.5. The number of rotatable bonds is 4. The van der Waals surface area contributed by atoms with E-state index in [9.17, 15) is 9.59 Å². The van der Waals surface area contributed by atoms with Crippen LogP contribution in [0.15, 0.2) is 46.9 Å². The van der Waals surface area contributed by atoms with Crippen LogP contribution in [0.1, 0.15) is 20.9 Å². The van der Waals surface area contributed by atoms with Gasteiger partial charge < -0.3 is 13.9 Å². The molecule has 0 aliphatic carbocycles. The SMILES string of the molecule is COC(=O)c1ccc(Oc2cccc3cc(C=O)oc23)cc1Cl. The average Bonchev–Trinajstić information content (AvgIpc) is 2.99. The van der Waals surface area contributed by atoms with Crippen molar-refractivity contribution in [2.45, 2.75) is 0 Å². The van der Waals surface area contributed by atoms with Crippen molar-refractivity contribution in [1.29, 1.82) is 0 Å². The molecule has 0 saturated heterocycles. The molecule has 0 radical (unpaired) electrons. The van der Waals surface area contributed by atoms with E-state index in [0.29, 0.717) is 23.4 Å². The number of carbonyl (C=O) groups excluding carboxylic acids is 2. The molecular formula is C17H11ClO5. The number of furan rings is 1. The molecule has 0 fully saturated rings. The van der Waals surface area contributed by atoms with Gasteiger partial charge in [-0.15, -0.1) is 0 Å². The number of ether oxygens (including phenoxy) is 2. The maximum atomic E-state index is 11.5. The van der Waals surface area contributed by atoms with Gasteiger partial charge in [0.15, 0.2) is 23.4 Å². The molecule has 23 heavy (non-hydrogen) atoms. The number of esters is 1. The first-order valence-corrected chi connectivity index (χ1v) is 7.03. The van der Waals surface area contributed by atoms with Crippen LogP contribution in [-0.2, 0) is 4.74 Å². The first-order chi connectivity index (χ1) is 11.1. The van der Waals surface area contributed by atoms with Gasteiger partial charge in [-0.2, -0.15) is 0 Å². The molecule has 1 heterocycles. The maximum Gasteiger partial charge on any atom is 0.339 e. The summed E-state index contributed by atoms with van der Waals surface area (Å²) in [5, 5.41) is 0.969. The Balaban J connectivity index is 1.96. The van der Waals surface area contributed by atoms with Gasteiger partial charge in [0.2, 0.25) is 0 Å². The Morgan fingerprint density at radius 3 is 2.74 bits per heavy atom. The van der Waals surface area contributed by atoms with Crippen LogP contribution < -0.4 is 4.74 Å². The van der Waals surface area contributed by atoms with Crippen LogP contribution >= 0.6 is 11.6 Å². The number of carbonyl (C=O) groups is 2. The van der Waals surface area contributed by atoms with Crippen LogP contribution in [0.4, 0.5) is 0 Å². The molecule has 1 aromatic heterocycles. The van der Waals surface area contributed by atoms with E-state index < -0.39 is 5.97 Å². The number of hydrogen-bond donors (Lipinski definition) is 0. The minimum absolute atomic E-state index is 0.217. The zero-order valence-corrected chi connectivity index (χ0v) is 12.8. The number of para-hydroxylation sites is 1. The lowest BCUT2D eigenvalue weighted by molar-refractivity contribution is 0.0601. The molecule has 5 nitrogen and oxygen atoms in total. The molecule has 0 aliphatic heterocycles. The van der Waals surface area contributed by atoms with Gasteiger partial charge in [-0.25, -0.2) is 4.79 Å². The van der Waals surface area contributed by atoms with Crippen molar-refractivity contribution in [2.24, 2.45) is 0 Å². The number of methoxy groups -OCH3 is 1. The van der Waals surface area contributed by atoms with Crippen molar-refractivity contribution in [2.75, 3.05) is 7.11 Å². The summed E-state index contributed by atoms with van der Waals surface area (Å²) in [6, 6.07) is 11.6. The summed E-state index contributed by atoms with van der Waals surface area (Å²) in [4.78, 5) is 22.3. The van der Waals surface area contributed by atoms with Crippen LogP contribution in [0.25, 0.3) is 11.0 Å². The molecule has 3 rings (SSSR count). The second-order valence-corrected chi connectivity index (χ2v) is 5.08. The molecule has 0 unspecified atom stereocenters. The topological polar surface area (TPSA) is 65.7 Å². The summed E-state index contributed by atoms with van der Waals surface area (Å²) in [6.45, 7) is 0. The zero-order chi connectivity index (χ0) is 16.4. The predicted octanol–water partition coefficient (Wildman–Crippen LogP) is 4.48. The standard InChI is InChI=1S/C17H11ClO5/c1-21-17(20)13-6-5-11(8-14(13)18)22-15-4-2-3-10-7-12(9-19)23-16(10)15/h2-9H,1H3. The average molecular weight is 331 g/mol. The highest BCUT2D eigenvalue weighted by Gasteiger charge is 2.13. The molecule has 0 spiro atoms. The second-order valence-electron chi connectivity index (χ2n) is 4.68. The fourth-order valence-electron chi connectivity index (χ4n) is 2.16. The first kappa shape index (κ1) is 15.1. The van der Waals surface area contributed by atoms with E-state index in [1.54, 1.807) is 24.3 Å². The van der Waals surface area contributed by atoms with Crippen molar-refractivity contribution >= 4 is 34.8 Å². The highest BCUT2D eigenvalue weighted by Crippen LogP contribution is 2.33. The third-order valence-corrected chi connectivity index (χ3v) is 3.53. The summed E-state index contributed by atoms with van der Waals surface area (Å²) in [5.41, 5.74) is 0.712. The van der Waals surface area contributed by atoms with Crippen LogP contribution in [0, 0.1) is 0 Å². The summed E-state index contributed by atoms with van der Waals surface area (Å²) in [7, 11) is 1.28. The molecular weight excluding hydrogens is 320 g/mol. The lowest BCUT2D eigenvalue weighted by Crippen LogP contribution is -2.01. The molecule has 0 N–H and O–H groups in total. The van der Waals surface area contributed by atoms with Gasteiger partial charge in [0, 0.05) is 11.5 Å². The zero-order valence-electron chi connectivity index (χ0n) is 12.0. The second kappa shape index (κ2) is 6.14. The predicted molar refractivity (Wildman–Crippen MR) is 84.5 cm³/mol. The molecule has 0 atom stereocenters. The van der Waals surface area contributed by atoms with E-state index >= 15 is 0 Å². The van der Waals surface area contributed by atoms with Crippen LogP contribution in [-0.4, -0.2) is 19.4 Å². The highest BCUT2D eigenvalue weighted by molar-refractivity contribution is 6.33. The fourth-order valence-corrected chi connectivity index (χ4v) is 2.40. The third-order valence-electron chi connectivity index (χ3n) is 3.22. The van der Waals surface area contributed by atoms with Crippen molar-refractivity contribution in [3.8, 4) is 11.5 Å². The quantitative estimate of drug-likeness (QED) is 0.521. The van der Waals surface area contributed by atoms with Crippen molar-refractivity contribution in [1.82, 2.24) is 0 Å². The van der Waals surface area contributed by atoms with E-state index in [0.717, 1.165) is 5.39 Å². The molecule has 0 saturated carbocycles. The van der Waals surface area contributed by atoms with E-state index in [4.69, 9.17) is 20.8 Å². The number of fused-ring (bicyclic) bond motifs is 1. The number of benzene rings is 2. The first-order valence-electron chi connectivity index (χ1n) is 6.66. The summed E-state index contributed by atoms with van der Waals surface area (Å²) in [5.74, 6) is 0.567. The highest BCUT2D eigenvalue weighted by atomic mass is 35.5. The van der Waals surface area contributed by atoms with Gasteiger partial charge in [0.05, 0.1) is 17.7 Å². The number of aldehydes is 1. The molecule has 2 aromatic carbocycles. The molecule has 116 valence electrons. The van der Waals surface area contributed by atoms with Gasteiger partial charge in [0.25, 0.3) is 0 Å². The minimum Gasteiger partial charge on any atom is -0.465 e.